The molecule has 1 fully saturated rings. The van der Waals surface area contributed by atoms with Crippen molar-refractivity contribution in [3.63, 3.8) is 0 Å². The molecule has 2 aromatic heterocycles. The van der Waals surface area contributed by atoms with Gasteiger partial charge in [-0.2, -0.15) is 0 Å². The van der Waals surface area contributed by atoms with Crippen LogP contribution in [0.5, 0.6) is 0 Å². The summed E-state index contributed by atoms with van der Waals surface area (Å²) in [6.45, 7) is 2.30. The summed E-state index contributed by atoms with van der Waals surface area (Å²) in [4.78, 5) is 19.5. The fourth-order valence-electron chi connectivity index (χ4n) is 4.27. The quantitative estimate of drug-likeness (QED) is 0.469. The van der Waals surface area contributed by atoms with E-state index < -0.39 is 0 Å². The largest absolute Gasteiger partial charge is 0.341 e. The van der Waals surface area contributed by atoms with Crippen LogP contribution in [0, 0.1) is 0 Å². The number of piperidine rings is 1. The van der Waals surface area contributed by atoms with E-state index >= 15 is 0 Å². The van der Waals surface area contributed by atoms with Crippen molar-refractivity contribution < 1.29 is 4.79 Å². The van der Waals surface area contributed by atoms with Crippen molar-refractivity contribution in [2.75, 3.05) is 25.0 Å². The molecule has 5 rings (SSSR count). The second-order valence-electron chi connectivity index (χ2n) is 7.67. The average molecular weight is 390 g/mol. The van der Waals surface area contributed by atoms with E-state index in [-0.39, 0.29) is 0 Å². The lowest BCUT2D eigenvalue weighted by Crippen LogP contribution is -2.29. The number of H-pyrrole nitrogens is 1. The van der Waals surface area contributed by atoms with Crippen molar-refractivity contribution in [1.82, 2.24) is 9.88 Å². The Morgan fingerprint density at radius 3 is 2.75 bits per heavy atom. The minimum absolute atomic E-state index is 0.609. The second kappa shape index (κ2) is 7.08. The van der Waals surface area contributed by atoms with E-state index in [2.05, 4.69) is 40.5 Å². The molecule has 2 aromatic carbocycles. The smallest absolute Gasteiger partial charge is 0.219 e. The molecule has 0 radical (unpaired) electrons. The lowest BCUT2D eigenvalue weighted by Gasteiger charge is -2.29. The van der Waals surface area contributed by atoms with E-state index in [1.807, 2.05) is 41.7 Å². The number of hydrogen-bond donors (Lipinski definition) is 1. The number of hydrogen-bond acceptors (Lipinski definition) is 3. The summed E-state index contributed by atoms with van der Waals surface area (Å²) in [7, 11) is 2.20. The molecule has 142 valence electrons. The number of nitrogens with zero attached hydrogens (tertiary/aromatic N) is 2. The Kier molecular flexibility index (Phi) is 4.41. The summed E-state index contributed by atoms with van der Waals surface area (Å²) >= 11 is 1.81. The number of rotatable bonds is 4. The lowest BCUT2D eigenvalue weighted by atomic mass is 9.89. The summed E-state index contributed by atoms with van der Waals surface area (Å²) in [6.07, 6.45) is 3.30. The SMILES string of the molecule is CN1CCC(c2csc3ccc(N(C=O)c4cc5ccccc5[nH]4)cc23)CC1. The number of carbonyl (C=O) groups is 1. The zero-order valence-corrected chi connectivity index (χ0v) is 16.7. The van der Waals surface area contributed by atoms with E-state index in [0.29, 0.717) is 5.92 Å². The molecular weight excluding hydrogens is 366 g/mol. The number of anilines is 2. The molecule has 0 atom stereocenters. The third-order valence-electron chi connectivity index (χ3n) is 5.90. The first-order valence-electron chi connectivity index (χ1n) is 9.75. The number of likely N-dealkylation sites (tertiary alicyclic amines) is 1. The molecule has 0 spiro atoms. The Morgan fingerprint density at radius 1 is 1.14 bits per heavy atom. The molecule has 5 heteroatoms. The fraction of sp³-hybridized carbons (Fsp3) is 0.261. The molecule has 1 aliphatic rings. The van der Waals surface area contributed by atoms with Gasteiger partial charge in [0.1, 0.15) is 5.82 Å². The van der Waals surface area contributed by atoms with E-state index in [9.17, 15) is 4.79 Å². The number of benzene rings is 2. The van der Waals surface area contributed by atoms with E-state index in [4.69, 9.17) is 0 Å². The first kappa shape index (κ1) is 17.5. The van der Waals surface area contributed by atoms with Crippen molar-refractivity contribution in [1.29, 1.82) is 0 Å². The summed E-state index contributed by atoms with van der Waals surface area (Å²) in [6, 6.07) is 16.5. The Balaban J connectivity index is 1.54. The second-order valence-corrected chi connectivity index (χ2v) is 8.58. The minimum Gasteiger partial charge on any atom is -0.341 e. The van der Waals surface area contributed by atoms with Gasteiger partial charge in [-0.25, -0.2) is 0 Å². The number of aromatic amines is 1. The summed E-state index contributed by atoms with van der Waals surface area (Å²) in [5, 5.41) is 4.71. The van der Waals surface area contributed by atoms with Crippen LogP contribution < -0.4 is 4.90 Å². The predicted molar refractivity (Wildman–Crippen MR) is 118 cm³/mol. The molecular formula is C23H23N3OS. The zero-order chi connectivity index (χ0) is 19.1. The maximum Gasteiger partial charge on any atom is 0.219 e. The van der Waals surface area contributed by atoms with E-state index in [1.165, 1.54) is 28.5 Å². The number of amides is 1. The van der Waals surface area contributed by atoms with Gasteiger partial charge in [0, 0.05) is 15.6 Å². The number of para-hydroxylation sites is 1. The molecule has 0 bridgehead atoms. The first-order valence-corrected chi connectivity index (χ1v) is 10.6. The highest BCUT2D eigenvalue weighted by atomic mass is 32.1. The number of aromatic nitrogens is 1. The van der Waals surface area contributed by atoms with Gasteiger partial charge in [-0.05, 0) is 85.6 Å². The fourth-order valence-corrected chi connectivity index (χ4v) is 5.29. The zero-order valence-electron chi connectivity index (χ0n) is 15.9. The Hall–Kier alpha value is -2.63. The summed E-state index contributed by atoms with van der Waals surface area (Å²) < 4.78 is 1.29. The van der Waals surface area contributed by atoms with Crippen molar-refractivity contribution in [3.05, 3.63) is 59.5 Å². The monoisotopic (exact) mass is 389 g/mol. The molecule has 0 aliphatic carbocycles. The van der Waals surface area contributed by atoms with Crippen LogP contribution in [0.3, 0.4) is 0 Å². The Morgan fingerprint density at radius 2 is 1.96 bits per heavy atom. The van der Waals surface area contributed by atoms with Gasteiger partial charge in [-0.15, -0.1) is 11.3 Å². The first-order chi connectivity index (χ1) is 13.7. The molecule has 1 saturated heterocycles. The normalized spacial score (nSPS) is 16.0. The molecule has 1 N–H and O–H groups in total. The number of carbonyl (C=O) groups excluding carboxylic acids is 1. The number of nitrogens with one attached hydrogen (secondary N) is 1. The van der Waals surface area contributed by atoms with Crippen LogP contribution in [0.25, 0.3) is 21.0 Å². The topological polar surface area (TPSA) is 39.3 Å². The highest BCUT2D eigenvalue weighted by molar-refractivity contribution is 7.17. The minimum atomic E-state index is 0.609. The highest BCUT2D eigenvalue weighted by Crippen LogP contribution is 2.39. The molecule has 4 aromatic rings. The lowest BCUT2D eigenvalue weighted by molar-refractivity contribution is -0.106. The third-order valence-corrected chi connectivity index (χ3v) is 6.89. The van der Waals surface area contributed by atoms with Gasteiger partial charge in [0.2, 0.25) is 6.41 Å². The Bertz CT molecular complexity index is 1100. The van der Waals surface area contributed by atoms with Gasteiger partial charge < -0.3 is 9.88 Å². The standard InChI is InChI=1S/C23H23N3OS/c1-25-10-8-16(9-11-25)20-14-28-22-7-6-18(13-19(20)22)26(15-27)23-12-17-4-2-3-5-21(17)24-23/h2-7,12-16,24H,8-11H2,1H3. The van der Waals surface area contributed by atoms with Gasteiger partial charge >= 0.3 is 0 Å². The summed E-state index contributed by atoms with van der Waals surface area (Å²) in [5.74, 6) is 1.41. The van der Waals surface area contributed by atoms with Crippen molar-refractivity contribution in [3.8, 4) is 0 Å². The van der Waals surface area contributed by atoms with Gasteiger partial charge in [-0.1, -0.05) is 18.2 Å². The van der Waals surface area contributed by atoms with Gasteiger partial charge in [0.25, 0.3) is 0 Å². The number of fused-ring (bicyclic) bond motifs is 2. The van der Waals surface area contributed by atoms with Gasteiger partial charge in [0.15, 0.2) is 0 Å². The molecule has 0 saturated carbocycles. The third kappa shape index (κ3) is 3.01. The van der Waals surface area contributed by atoms with Gasteiger partial charge in [-0.3, -0.25) is 9.69 Å². The van der Waals surface area contributed by atoms with Crippen molar-refractivity contribution >= 4 is 50.2 Å². The molecule has 4 nitrogen and oxygen atoms in total. The molecule has 3 heterocycles. The average Bonchev–Trinajstić information content (AvgIpc) is 3.33. The van der Waals surface area contributed by atoms with Crippen LogP contribution in [0.4, 0.5) is 11.5 Å². The maximum atomic E-state index is 12.0. The van der Waals surface area contributed by atoms with E-state index in [1.54, 1.807) is 4.90 Å². The van der Waals surface area contributed by atoms with Crippen LogP contribution in [0.1, 0.15) is 24.3 Å². The Labute approximate surface area is 168 Å². The molecule has 1 aliphatic heterocycles. The van der Waals surface area contributed by atoms with Crippen LogP contribution >= 0.6 is 11.3 Å². The summed E-state index contributed by atoms with van der Waals surface area (Å²) in [5.41, 5.74) is 3.38. The van der Waals surface area contributed by atoms with Crippen LogP contribution in [-0.2, 0) is 4.79 Å². The van der Waals surface area contributed by atoms with Crippen molar-refractivity contribution in [2.45, 2.75) is 18.8 Å². The van der Waals surface area contributed by atoms with Crippen LogP contribution in [-0.4, -0.2) is 36.4 Å². The van der Waals surface area contributed by atoms with E-state index in [0.717, 1.165) is 41.9 Å². The van der Waals surface area contributed by atoms with Crippen LogP contribution in [0.15, 0.2) is 53.9 Å². The molecule has 28 heavy (non-hydrogen) atoms. The van der Waals surface area contributed by atoms with Crippen molar-refractivity contribution in [2.24, 2.45) is 0 Å². The van der Waals surface area contributed by atoms with Crippen LogP contribution in [0.2, 0.25) is 0 Å². The van der Waals surface area contributed by atoms with Gasteiger partial charge in [0.05, 0.1) is 5.69 Å². The number of thiophene rings is 1. The predicted octanol–water partition coefficient (Wildman–Crippen LogP) is 5.49. The molecule has 0 unspecified atom stereocenters. The maximum absolute atomic E-state index is 12.0. The highest BCUT2D eigenvalue weighted by Gasteiger charge is 2.22. The molecule has 1 amide bonds.